The lowest BCUT2D eigenvalue weighted by Crippen LogP contribution is -2.42. The Hall–Kier alpha value is -4.10. The van der Waals surface area contributed by atoms with Crippen molar-refractivity contribution in [3.05, 3.63) is 58.8 Å². The van der Waals surface area contributed by atoms with Crippen molar-refractivity contribution in [2.45, 2.75) is 58.4 Å². The van der Waals surface area contributed by atoms with E-state index in [0.717, 1.165) is 49.4 Å². The number of hydrogen-bond donors (Lipinski definition) is 3. The number of aryl methyl sites for hydroxylation is 1. The summed E-state index contributed by atoms with van der Waals surface area (Å²) in [4.78, 5) is 36.7. The number of carbonyl (C=O) groups is 2. The number of piperidine rings is 1. The van der Waals surface area contributed by atoms with Crippen LogP contribution in [0, 0.1) is 6.92 Å². The molecular weight excluding hydrogens is 538 g/mol. The van der Waals surface area contributed by atoms with Crippen LogP contribution < -0.4 is 15.4 Å². The third-order valence-electron chi connectivity index (χ3n) is 8.06. The smallest absolute Gasteiger partial charge is 0.270 e. The van der Waals surface area contributed by atoms with E-state index >= 15 is 0 Å². The van der Waals surface area contributed by atoms with E-state index in [1.165, 1.54) is 17.5 Å². The molecule has 3 N–H and O–H groups in total. The Balaban J connectivity index is 1.08. The van der Waals surface area contributed by atoms with Crippen LogP contribution >= 0.6 is 0 Å². The minimum atomic E-state index is -0.724. The highest BCUT2D eigenvalue weighted by molar-refractivity contribution is 5.92. The summed E-state index contributed by atoms with van der Waals surface area (Å²) in [6.45, 7) is 7.57. The van der Waals surface area contributed by atoms with Gasteiger partial charge in [0.25, 0.3) is 5.91 Å². The van der Waals surface area contributed by atoms with Gasteiger partial charge in [-0.05, 0) is 48.9 Å². The number of nitrogens with zero attached hydrogens (tertiary/aromatic N) is 7. The van der Waals surface area contributed by atoms with Crippen LogP contribution in [0.5, 0.6) is 5.75 Å². The van der Waals surface area contributed by atoms with Crippen LogP contribution in [0.25, 0.3) is 0 Å². The minimum absolute atomic E-state index is 0.0900. The average Bonchev–Trinajstić information content (AvgIpc) is 3.40. The summed E-state index contributed by atoms with van der Waals surface area (Å²) in [5, 5.41) is 24.7. The summed E-state index contributed by atoms with van der Waals surface area (Å²) in [7, 11) is 1.84. The molecule has 224 valence electrons. The first-order valence-electron chi connectivity index (χ1n) is 14.4. The number of amides is 2. The Morgan fingerprint density at radius 3 is 2.74 bits per heavy atom. The predicted octanol–water partition coefficient (Wildman–Crippen LogP) is 1.06. The van der Waals surface area contributed by atoms with Crippen molar-refractivity contribution in [1.82, 2.24) is 40.1 Å². The second-order valence-corrected chi connectivity index (χ2v) is 11.0. The van der Waals surface area contributed by atoms with Crippen LogP contribution in [-0.4, -0.2) is 96.6 Å². The first-order chi connectivity index (χ1) is 20.3. The Bertz CT molecular complexity index is 1400. The Kier molecular flexibility index (Phi) is 9.28. The number of β-amino-alcohol motifs (C(OH)–C–C–N with tert-alkyl or cyclic N) is 1. The molecule has 0 aliphatic carbocycles. The highest BCUT2D eigenvalue weighted by Crippen LogP contribution is 2.30. The summed E-state index contributed by atoms with van der Waals surface area (Å²) in [6, 6.07) is 5.88. The maximum atomic E-state index is 12.8. The van der Waals surface area contributed by atoms with Crippen LogP contribution in [0.4, 0.5) is 5.82 Å². The number of aromatic nitrogens is 5. The number of nitrogens with one attached hydrogen (secondary N) is 2. The number of rotatable bonds is 10. The van der Waals surface area contributed by atoms with Gasteiger partial charge in [0.15, 0.2) is 0 Å². The van der Waals surface area contributed by atoms with E-state index in [4.69, 9.17) is 4.74 Å². The van der Waals surface area contributed by atoms with E-state index in [9.17, 15) is 14.7 Å². The third-order valence-corrected chi connectivity index (χ3v) is 8.06. The molecule has 42 heavy (non-hydrogen) atoms. The number of aliphatic hydroxyl groups excluding tert-OH is 1. The van der Waals surface area contributed by atoms with E-state index in [1.807, 2.05) is 18.0 Å². The summed E-state index contributed by atoms with van der Waals surface area (Å²) in [5.74, 6) is 1.15. The molecule has 4 heterocycles. The van der Waals surface area contributed by atoms with Gasteiger partial charge in [0, 0.05) is 65.3 Å². The molecule has 1 fully saturated rings. The molecule has 2 amide bonds. The summed E-state index contributed by atoms with van der Waals surface area (Å²) < 4.78 is 7.75. The number of carbonyl (C=O) groups excluding carboxylic acids is 2. The number of ether oxygens (including phenoxy) is 1. The van der Waals surface area contributed by atoms with Crippen molar-refractivity contribution < 1.29 is 19.4 Å². The molecule has 1 unspecified atom stereocenters. The zero-order chi connectivity index (χ0) is 29.6. The fourth-order valence-corrected chi connectivity index (χ4v) is 5.55. The number of aliphatic hydroxyl groups is 1. The standard InChI is InChI=1S/C29H39N9O4/c1-19-25-8-9-37(15-21(25)4-5-27(19)42-17-23-13-33-35-36(23)3)16-24(40)14-30-29(41)26-12-28(32-18-31-26)34-22-6-10-38(11-7-22)20(2)39/h4-5,12-13,18,22,24,40H,6-11,14-17H2,1-3H3,(H,30,41)(H,31,32,34). The molecule has 13 heteroatoms. The minimum Gasteiger partial charge on any atom is -0.487 e. The van der Waals surface area contributed by atoms with Gasteiger partial charge in [-0.15, -0.1) is 5.10 Å². The summed E-state index contributed by atoms with van der Waals surface area (Å²) >= 11 is 0. The van der Waals surface area contributed by atoms with Crippen LogP contribution in [-0.2, 0) is 31.4 Å². The molecular formula is C29H39N9O4. The van der Waals surface area contributed by atoms with Gasteiger partial charge in [-0.1, -0.05) is 11.3 Å². The summed E-state index contributed by atoms with van der Waals surface area (Å²) in [5.41, 5.74) is 4.78. The zero-order valence-corrected chi connectivity index (χ0v) is 24.4. The second-order valence-electron chi connectivity index (χ2n) is 11.0. The lowest BCUT2D eigenvalue weighted by atomic mass is 9.94. The highest BCUT2D eigenvalue weighted by Gasteiger charge is 2.23. The van der Waals surface area contributed by atoms with Crippen LogP contribution in [0.1, 0.15) is 52.6 Å². The molecule has 2 aliphatic rings. The van der Waals surface area contributed by atoms with Gasteiger partial charge in [0.05, 0.1) is 18.0 Å². The van der Waals surface area contributed by atoms with Crippen molar-refractivity contribution in [3.63, 3.8) is 0 Å². The maximum Gasteiger partial charge on any atom is 0.270 e. The Morgan fingerprint density at radius 1 is 1.19 bits per heavy atom. The molecule has 2 aliphatic heterocycles. The molecule has 0 radical (unpaired) electrons. The van der Waals surface area contributed by atoms with E-state index in [0.29, 0.717) is 32.1 Å². The number of anilines is 1. The van der Waals surface area contributed by atoms with Crippen molar-refractivity contribution in [2.24, 2.45) is 7.05 Å². The summed E-state index contributed by atoms with van der Waals surface area (Å²) in [6.07, 6.45) is 4.82. The molecule has 3 aromatic rings. The second kappa shape index (κ2) is 13.3. The number of likely N-dealkylation sites (tertiary alicyclic amines) is 1. The molecule has 2 aromatic heterocycles. The maximum absolute atomic E-state index is 12.8. The Morgan fingerprint density at radius 2 is 2.00 bits per heavy atom. The normalized spacial score (nSPS) is 16.5. The van der Waals surface area contributed by atoms with Crippen molar-refractivity contribution in [1.29, 1.82) is 0 Å². The van der Waals surface area contributed by atoms with Crippen LogP contribution in [0.15, 0.2) is 30.7 Å². The lowest BCUT2D eigenvalue weighted by Gasteiger charge is -2.32. The van der Waals surface area contributed by atoms with Gasteiger partial charge in [-0.3, -0.25) is 14.5 Å². The quantitative estimate of drug-likeness (QED) is 0.319. The van der Waals surface area contributed by atoms with E-state index in [2.05, 4.69) is 48.8 Å². The van der Waals surface area contributed by atoms with Crippen molar-refractivity contribution in [3.8, 4) is 5.75 Å². The lowest BCUT2D eigenvalue weighted by molar-refractivity contribution is -0.129. The molecule has 0 spiro atoms. The number of benzene rings is 1. The molecule has 13 nitrogen and oxygen atoms in total. The SMILES string of the molecule is CC(=O)N1CCC(Nc2cc(C(=O)NCC(O)CN3CCc4c(ccc(OCc5cnnn5C)c4C)C3)ncn2)CC1. The molecule has 0 saturated carbocycles. The van der Waals surface area contributed by atoms with E-state index in [1.54, 1.807) is 23.9 Å². The van der Waals surface area contributed by atoms with Gasteiger partial charge in [-0.2, -0.15) is 0 Å². The van der Waals surface area contributed by atoms with Crippen molar-refractivity contribution in [2.75, 3.05) is 38.0 Å². The molecule has 0 bridgehead atoms. The fraction of sp³-hybridized carbons (Fsp3) is 0.517. The fourth-order valence-electron chi connectivity index (χ4n) is 5.55. The topological polar surface area (TPSA) is 151 Å². The first-order valence-corrected chi connectivity index (χ1v) is 14.4. The molecule has 1 aromatic carbocycles. The first kappa shape index (κ1) is 29.4. The van der Waals surface area contributed by atoms with Gasteiger partial charge >= 0.3 is 0 Å². The van der Waals surface area contributed by atoms with Crippen LogP contribution in [0.3, 0.4) is 0 Å². The van der Waals surface area contributed by atoms with Crippen molar-refractivity contribution >= 4 is 17.6 Å². The average molecular weight is 578 g/mol. The molecule has 1 saturated heterocycles. The number of hydrogen-bond acceptors (Lipinski definition) is 10. The van der Waals surface area contributed by atoms with E-state index in [-0.39, 0.29) is 30.1 Å². The van der Waals surface area contributed by atoms with E-state index < -0.39 is 6.10 Å². The van der Waals surface area contributed by atoms with Gasteiger partial charge in [-0.25, -0.2) is 14.6 Å². The molecule has 1 atom stereocenters. The third kappa shape index (κ3) is 7.21. The van der Waals surface area contributed by atoms with Gasteiger partial charge in [0.2, 0.25) is 5.91 Å². The largest absolute Gasteiger partial charge is 0.487 e. The van der Waals surface area contributed by atoms with Gasteiger partial charge in [0.1, 0.15) is 30.2 Å². The molecule has 5 rings (SSSR count). The van der Waals surface area contributed by atoms with Crippen LogP contribution in [0.2, 0.25) is 0 Å². The highest BCUT2D eigenvalue weighted by atomic mass is 16.5. The van der Waals surface area contributed by atoms with Gasteiger partial charge < -0.3 is 25.4 Å². The number of fused-ring (bicyclic) bond motifs is 1. The zero-order valence-electron chi connectivity index (χ0n) is 24.4. The Labute approximate surface area is 245 Å². The monoisotopic (exact) mass is 577 g/mol. The predicted molar refractivity (Wildman–Crippen MR) is 155 cm³/mol.